The summed E-state index contributed by atoms with van der Waals surface area (Å²) in [6, 6.07) is 6.00. The lowest BCUT2D eigenvalue weighted by Gasteiger charge is -2.35. The number of rotatable bonds is 0. The Bertz CT molecular complexity index is 671. The molecule has 3 rings (SSSR count). The SMILES string of the molecule is Cc1cccc(C#CC=C2CCN(C(=O)N3CCOCC3)CC2)n1. The van der Waals surface area contributed by atoms with E-state index in [-0.39, 0.29) is 6.03 Å². The Morgan fingerprint density at radius 2 is 1.88 bits per heavy atom. The van der Waals surface area contributed by atoms with E-state index < -0.39 is 0 Å². The summed E-state index contributed by atoms with van der Waals surface area (Å²) in [5.41, 5.74) is 3.08. The fourth-order valence-electron chi connectivity index (χ4n) is 2.91. The van der Waals surface area contributed by atoms with Crippen molar-refractivity contribution in [3.8, 4) is 11.8 Å². The molecule has 2 fully saturated rings. The van der Waals surface area contributed by atoms with E-state index in [9.17, 15) is 4.79 Å². The third-order valence-corrected chi connectivity index (χ3v) is 4.32. The molecule has 1 aromatic rings. The van der Waals surface area contributed by atoms with Crippen molar-refractivity contribution in [3.63, 3.8) is 0 Å². The highest BCUT2D eigenvalue weighted by molar-refractivity contribution is 5.74. The molecule has 126 valence electrons. The van der Waals surface area contributed by atoms with E-state index in [1.54, 1.807) is 0 Å². The molecule has 2 saturated heterocycles. The van der Waals surface area contributed by atoms with Gasteiger partial charge in [-0.3, -0.25) is 0 Å². The van der Waals surface area contributed by atoms with Gasteiger partial charge in [0.15, 0.2) is 0 Å². The minimum atomic E-state index is 0.146. The molecule has 24 heavy (non-hydrogen) atoms. The van der Waals surface area contributed by atoms with Crippen molar-refractivity contribution in [1.82, 2.24) is 14.8 Å². The Balaban J connectivity index is 1.52. The molecule has 0 radical (unpaired) electrons. The molecule has 0 unspecified atom stereocenters. The first-order chi connectivity index (χ1) is 11.7. The minimum Gasteiger partial charge on any atom is -0.378 e. The van der Waals surface area contributed by atoms with Gasteiger partial charge in [-0.1, -0.05) is 17.6 Å². The number of ether oxygens (including phenoxy) is 1. The Labute approximate surface area is 143 Å². The summed E-state index contributed by atoms with van der Waals surface area (Å²) < 4.78 is 5.30. The molecule has 1 aromatic heterocycles. The zero-order valence-electron chi connectivity index (χ0n) is 14.1. The summed E-state index contributed by atoms with van der Waals surface area (Å²) in [6.07, 6.45) is 3.78. The fourth-order valence-corrected chi connectivity index (χ4v) is 2.91. The lowest BCUT2D eigenvalue weighted by Crippen LogP contribution is -2.49. The van der Waals surface area contributed by atoms with Crippen LogP contribution in [0.1, 0.15) is 24.2 Å². The maximum Gasteiger partial charge on any atom is 0.320 e. The number of aromatic nitrogens is 1. The lowest BCUT2D eigenvalue weighted by atomic mass is 10.0. The third kappa shape index (κ3) is 4.36. The molecule has 3 heterocycles. The van der Waals surface area contributed by atoms with Crippen molar-refractivity contribution in [2.75, 3.05) is 39.4 Å². The van der Waals surface area contributed by atoms with Crippen LogP contribution in [0.15, 0.2) is 29.8 Å². The van der Waals surface area contributed by atoms with Crippen LogP contribution in [0.25, 0.3) is 0 Å². The van der Waals surface area contributed by atoms with E-state index in [0.717, 1.165) is 37.3 Å². The molecule has 0 atom stereocenters. The second-order valence-corrected chi connectivity index (χ2v) is 6.11. The highest BCUT2D eigenvalue weighted by atomic mass is 16.5. The second-order valence-electron chi connectivity index (χ2n) is 6.11. The van der Waals surface area contributed by atoms with Crippen molar-refractivity contribution < 1.29 is 9.53 Å². The number of likely N-dealkylation sites (tertiary alicyclic amines) is 1. The smallest absolute Gasteiger partial charge is 0.320 e. The van der Waals surface area contributed by atoms with E-state index >= 15 is 0 Å². The van der Waals surface area contributed by atoms with Crippen molar-refractivity contribution in [1.29, 1.82) is 0 Å². The van der Waals surface area contributed by atoms with Gasteiger partial charge >= 0.3 is 6.03 Å². The van der Waals surface area contributed by atoms with Crippen molar-refractivity contribution in [2.24, 2.45) is 0 Å². The van der Waals surface area contributed by atoms with Crippen molar-refractivity contribution in [2.45, 2.75) is 19.8 Å². The number of morpholine rings is 1. The Morgan fingerprint density at radius 3 is 2.58 bits per heavy atom. The number of aryl methyl sites for hydroxylation is 1. The molecule has 2 amide bonds. The predicted octanol–water partition coefficient (Wildman–Crippen LogP) is 2.22. The van der Waals surface area contributed by atoms with Crippen molar-refractivity contribution >= 4 is 6.03 Å². The van der Waals surface area contributed by atoms with Crippen molar-refractivity contribution in [3.05, 3.63) is 41.2 Å². The quantitative estimate of drug-likeness (QED) is 0.687. The summed E-state index contributed by atoms with van der Waals surface area (Å²) in [5.74, 6) is 6.18. The van der Waals surface area contributed by atoms with Gasteiger partial charge in [0, 0.05) is 31.9 Å². The molecule has 0 aliphatic carbocycles. The Morgan fingerprint density at radius 1 is 1.17 bits per heavy atom. The van der Waals surface area contributed by atoms with Gasteiger partial charge in [-0.2, -0.15) is 0 Å². The first-order valence-electron chi connectivity index (χ1n) is 8.47. The largest absolute Gasteiger partial charge is 0.378 e. The molecule has 2 aliphatic heterocycles. The highest BCUT2D eigenvalue weighted by Crippen LogP contribution is 2.17. The van der Waals surface area contributed by atoms with Crippen LogP contribution in [0.2, 0.25) is 0 Å². The van der Waals surface area contributed by atoms with E-state index in [2.05, 4.69) is 16.8 Å². The summed E-state index contributed by atoms with van der Waals surface area (Å²) in [5, 5.41) is 0. The summed E-state index contributed by atoms with van der Waals surface area (Å²) in [7, 11) is 0. The number of carbonyl (C=O) groups is 1. The highest BCUT2D eigenvalue weighted by Gasteiger charge is 2.24. The zero-order chi connectivity index (χ0) is 16.8. The monoisotopic (exact) mass is 325 g/mol. The minimum absolute atomic E-state index is 0.146. The standard InChI is InChI=1S/C19H23N3O2/c1-16-4-2-6-18(20-16)7-3-5-17-8-10-21(11-9-17)19(23)22-12-14-24-15-13-22/h2,4-6H,8-15H2,1H3. The third-order valence-electron chi connectivity index (χ3n) is 4.32. The second kappa shape index (κ2) is 7.98. The van der Waals surface area contributed by atoms with Crippen LogP contribution < -0.4 is 0 Å². The van der Waals surface area contributed by atoms with E-state index in [4.69, 9.17) is 4.74 Å². The predicted molar refractivity (Wildman–Crippen MR) is 92.5 cm³/mol. The summed E-state index contributed by atoms with van der Waals surface area (Å²) >= 11 is 0. The lowest BCUT2D eigenvalue weighted by molar-refractivity contribution is 0.0426. The number of amides is 2. The van der Waals surface area contributed by atoms with Gasteiger partial charge in [0.25, 0.3) is 0 Å². The van der Waals surface area contributed by atoms with Gasteiger partial charge in [-0.25, -0.2) is 9.78 Å². The maximum absolute atomic E-state index is 12.4. The van der Waals surface area contributed by atoms with Gasteiger partial charge in [-0.05, 0) is 43.9 Å². The number of allylic oxidation sites excluding steroid dienone is 1. The normalized spacial score (nSPS) is 18.0. The van der Waals surface area contributed by atoms with E-state index in [1.165, 1.54) is 5.57 Å². The Kier molecular flexibility index (Phi) is 5.50. The van der Waals surface area contributed by atoms with Gasteiger partial charge in [0.1, 0.15) is 5.69 Å². The molecule has 0 saturated carbocycles. The average molecular weight is 325 g/mol. The molecule has 0 aromatic carbocycles. The molecule has 5 nitrogen and oxygen atoms in total. The van der Waals surface area contributed by atoms with Crippen LogP contribution >= 0.6 is 0 Å². The molecule has 2 aliphatic rings. The Hall–Kier alpha value is -2.32. The van der Waals surface area contributed by atoms with Gasteiger partial charge in [0.05, 0.1) is 13.2 Å². The molecular weight excluding hydrogens is 302 g/mol. The van der Waals surface area contributed by atoms with Gasteiger partial charge < -0.3 is 14.5 Å². The van der Waals surface area contributed by atoms with Crippen LogP contribution in [-0.4, -0.2) is 60.2 Å². The number of hydrogen-bond donors (Lipinski definition) is 0. The summed E-state index contributed by atoms with van der Waals surface area (Å²) in [6.45, 7) is 6.20. The number of urea groups is 1. The molecule has 5 heteroatoms. The molecule has 0 bridgehead atoms. The van der Waals surface area contributed by atoms with Crippen LogP contribution in [-0.2, 0) is 4.74 Å². The molecular formula is C19H23N3O2. The number of piperidine rings is 1. The number of nitrogens with zero attached hydrogens (tertiary/aromatic N) is 3. The van der Waals surface area contributed by atoms with E-state index in [1.807, 2.05) is 41.0 Å². The van der Waals surface area contributed by atoms with Crippen LogP contribution in [0.3, 0.4) is 0 Å². The van der Waals surface area contributed by atoms with Crippen LogP contribution in [0.4, 0.5) is 4.79 Å². The molecule has 0 N–H and O–H groups in total. The average Bonchev–Trinajstić information content (AvgIpc) is 2.63. The van der Waals surface area contributed by atoms with E-state index in [0.29, 0.717) is 26.3 Å². The topological polar surface area (TPSA) is 45.7 Å². The number of hydrogen-bond acceptors (Lipinski definition) is 3. The fraction of sp³-hybridized carbons (Fsp3) is 0.474. The summed E-state index contributed by atoms with van der Waals surface area (Å²) in [4.78, 5) is 20.6. The van der Waals surface area contributed by atoms with Crippen LogP contribution in [0.5, 0.6) is 0 Å². The first kappa shape index (κ1) is 16.5. The molecule has 0 spiro atoms. The maximum atomic E-state index is 12.4. The van der Waals surface area contributed by atoms with Gasteiger partial charge in [-0.15, -0.1) is 0 Å². The first-order valence-corrected chi connectivity index (χ1v) is 8.47. The number of pyridine rings is 1. The van der Waals surface area contributed by atoms with Crippen LogP contribution in [0, 0.1) is 18.8 Å². The number of carbonyl (C=O) groups excluding carboxylic acids is 1. The zero-order valence-corrected chi connectivity index (χ0v) is 14.1. The van der Waals surface area contributed by atoms with Gasteiger partial charge in [0.2, 0.25) is 0 Å².